The van der Waals surface area contributed by atoms with Crippen LogP contribution in [0.15, 0.2) is 30.3 Å². The molecule has 1 rings (SSSR count). The van der Waals surface area contributed by atoms with E-state index in [0.717, 1.165) is 0 Å². The highest BCUT2D eigenvalue weighted by molar-refractivity contribution is 5.21. The molecule has 4 heteroatoms. The Morgan fingerprint density at radius 3 is 2.12 bits per heavy atom. The van der Waals surface area contributed by atoms with Crippen LogP contribution in [0.2, 0.25) is 0 Å². The molecule has 0 fully saturated rings. The molecule has 1 unspecified atom stereocenters. The number of ether oxygens (including phenoxy) is 3. The summed E-state index contributed by atoms with van der Waals surface area (Å²) in [5, 5.41) is 10.2. The molecule has 96 valence electrons. The first-order valence-electron chi connectivity index (χ1n) is 5.84. The third-order valence-electron chi connectivity index (χ3n) is 2.27. The number of rotatable bonds is 7. The van der Waals surface area contributed by atoms with E-state index in [2.05, 4.69) is 0 Å². The van der Waals surface area contributed by atoms with Crippen molar-refractivity contribution in [2.75, 3.05) is 13.2 Å². The minimum Gasteiger partial charge on any atom is -0.482 e. The zero-order valence-corrected chi connectivity index (χ0v) is 10.6. The van der Waals surface area contributed by atoms with Gasteiger partial charge in [0.1, 0.15) is 5.75 Å². The second kappa shape index (κ2) is 6.59. The summed E-state index contributed by atoms with van der Waals surface area (Å²) in [4.78, 5) is 0. The summed E-state index contributed by atoms with van der Waals surface area (Å²) in [6.45, 7) is 5.98. The minimum absolute atomic E-state index is 0.346. The van der Waals surface area contributed by atoms with Crippen LogP contribution >= 0.6 is 0 Å². The Morgan fingerprint density at radius 1 is 1.12 bits per heavy atom. The van der Waals surface area contributed by atoms with Gasteiger partial charge in [-0.2, -0.15) is 0 Å². The molecule has 0 aromatic heterocycles. The maximum absolute atomic E-state index is 10.2. The molecule has 0 aliphatic carbocycles. The summed E-state index contributed by atoms with van der Waals surface area (Å²) in [5.74, 6) is -1.04. The van der Waals surface area contributed by atoms with E-state index in [9.17, 15) is 5.11 Å². The molecule has 0 radical (unpaired) electrons. The fourth-order valence-electron chi connectivity index (χ4n) is 1.47. The highest BCUT2D eigenvalue weighted by Crippen LogP contribution is 2.21. The Hall–Kier alpha value is -1.10. The van der Waals surface area contributed by atoms with Crippen molar-refractivity contribution in [2.45, 2.75) is 32.8 Å². The van der Waals surface area contributed by atoms with Crippen LogP contribution in [0.25, 0.3) is 0 Å². The van der Waals surface area contributed by atoms with Crippen molar-refractivity contribution in [1.29, 1.82) is 0 Å². The van der Waals surface area contributed by atoms with Crippen molar-refractivity contribution in [2.24, 2.45) is 0 Å². The Labute approximate surface area is 102 Å². The van der Waals surface area contributed by atoms with Gasteiger partial charge in [0.2, 0.25) is 0 Å². The van der Waals surface area contributed by atoms with Crippen molar-refractivity contribution in [3.05, 3.63) is 30.3 Å². The average molecular weight is 240 g/mol. The summed E-state index contributed by atoms with van der Waals surface area (Å²) in [5.41, 5.74) is 0. The van der Waals surface area contributed by atoms with E-state index in [1.54, 1.807) is 20.8 Å². The molecule has 1 N–H and O–H groups in total. The zero-order valence-electron chi connectivity index (χ0n) is 10.6. The van der Waals surface area contributed by atoms with Crippen LogP contribution in [0.1, 0.15) is 20.8 Å². The van der Waals surface area contributed by atoms with Crippen LogP contribution in [0.4, 0.5) is 0 Å². The quantitative estimate of drug-likeness (QED) is 0.742. The smallest absolute Gasteiger partial charge is 0.319 e. The predicted molar refractivity (Wildman–Crippen MR) is 64.7 cm³/mol. The summed E-state index contributed by atoms with van der Waals surface area (Å²) < 4.78 is 16.0. The lowest BCUT2D eigenvalue weighted by atomic mass is 10.3. The molecule has 0 bridgehead atoms. The van der Waals surface area contributed by atoms with Gasteiger partial charge in [-0.1, -0.05) is 18.2 Å². The monoisotopic (exact) mass is 240 g/mol. The normalized spacial score (nSPS) is 13.4. The Morgan fingerprint density at radius 2 is 1.65 bits per heavy atom. The lowest BCUT2D eigenvalue weighted by Gasteiger charge is -2.32. The fourth-order valence-corrected chi connectivity index (χ4v) is 1.47. The first-order chi connectivity index (χ1) is 8.12. The van der Waals surface area contributed by atoms with E-state index in [0.29, 0.717) is 19.0 Å². The molecule has 1 aromatic rings. The number of hydrogen-bond donors (Lipinski definition) is 1. The Kier molecular flexibility index (Phi) is 5.41. The number of hydrogen-bond acceptors (Lipinski definition) is 4. The molecule has 0 spiro atoms. The molecule has 1 atom stereocenters. The van der Waals surface area contributed by atoms with Crippen LogP contribution in [0.3, 0.4) is 0 Å². The van der Waals surface area contributed by atoms with Crippen LogP contribution in [-0.4, -0.2) is 30.4 Å². The summed E-state index contributed by atoms with van der Waals surface area (Å²) in [6, 6.07) is 9.25. The molecule has 0 heterocycles. The molecule has 0 amide bonds. The van der Waals surface area contributed by atoms with Gasteiger partial charge in [0.05, 0.1) is 0 Å². The lowest BCUT2D eigenvalue weighted by Crippen LogP contribution is -2.49. The largest absolute Gasteiger partial charge is 0.482 e. The molecular formula is C13H20O4. The van der Waals surface area contributed by atoms with E-state index in [4.69, 9.17) is 14.2 Å². The van der Waals surface area contributed by atoms with Gasteiger partial charge in [0.25, 0.3) is 0 Å². The van der Waals surface area contributed by atoms with Gasteiger partial charge in [0.15, 0.2) is 6.10 Å². The Balaban J connectivity index is 2.68. The second-order valence-electron chi connectivity index (χ2n) is 3.57. The van der Waals surface area contributed by atoms with E-state index in [-0.39, 0.29) is 0 Å². The minimum atomic E-state index is -1.71. The van der Waals surface area contributed by atoms with E-state index >= 15 is 0 Å². The molecule has 17 heavy (non-hydrogen) atoms. The van der Waals surface area contributed by atoms with Crippen molar-refractivity contribution in [3.8, 4) is 5.75 Å². The van der Waals surface area contributed by atoms with Crippen molar-refractivity contribution in [1.82, 2.24) is 0 Å². The molecule has 0 saturated carbocycles. The average Bonchev–Trinajstić information content (AvgIpc) is 2.31. The van der Waals surface area contributed by atoms with Crippen LogP contribution in [-0.2, 0) is 9.47 Å². The summed E-state index contributed by atoms with van der Waals surface area (Å²) >= 11 is 0. The predicted octanol–water partition coefficient (Wildman–Crippen LogP) is 2.17. The number of benzene rings is 1. The maximum Gasteiger partial charge on any atom is 0.319 e. The molecule has 4 nitrogen and oxygen atoms in total. The molecule has 0 aliphatic rings. The van der Waals surface area contributed by atoms with Crippen molar-refractivity contribution >= 4 is 0 Å². The van der Waals surface area contributed by atoms with Crippen LogP contribution < -0.4 is 4.74 Å². The van der Waals surface area contributed by atoms with Gasteiger partial charge in [-0.15, -0.1) is 0 Å². The zero-order chi connectivity index (χ0) is 12.7. The summed E-state index contributed by atoms with van der Waals surface area (Å²) in [7, 11) is 0. The molecule has 0 saturated heterocycles. The van der Waals surface area contributed by atoms with E-state index in [1.807, 2.05) is 30.3 Å². The SMILES string of the molecule is CCOC(O)(OCC)C(C)Oc1ccccc1. The second-order valence-corrected chi connectivity index (χ2v) is 3.57. The molecule has 1 aromatic carbocycles. The van der Waals surface area contributed by atoms with Gasteiger partial charge in [-0.3, -0.25) is 0 Å². The molecular weight excluding hydrogens is 220 g/mol. The van der Waals surface area contributed by atoms with Gasteiger partial charge < -0.3 is 19.3 Å². The molecule has 0 aliphatic heterocycles. The third-order valence-corrected chi connectivity index (χ3v) is 2.27. The first-order valence-corrected chi connectivity index (χ1v) is 5.84. The topological polar surface area (TPSA) is 47.9 Å². The number of para-hydroxylation sites is 1. The van der Waals surface area contributed by atoms with Crippen molar-refractivity contribution < 1.29 is 19.3 Å². The lowest BCUT2D eigenvalue weighted by molar-refractivity contribution is -0.386. The maximum atomic E-state index is 10.2. The van der Waals surface area contributed by atoms with Gasteiger partial charge in [0, 0.05) is 13.2 Å². The summed E-state index contributed by atoms with van der Waals surface area (Å²) in [6.07, 6.45) is -0.621. The third kappa shape index (κ3) is 4.00. The van der Waals surface area contributed by atoms with Gasteiger partial charge in [-0.05, 0) is 32.9 Å². The van der Waals surface area contributed by atoms with Crippen molar-refractivity contribution in [3.63, 3.8) is 0 Å². The fraction of sp³-hybridized carbons (Fsp3) is 0.538. The van der Waals surface area contributed by atoms with Gasteiger partial charge in [-0.25, -0.2) is 0 Å². The van der Waals surface area contributed by atoms with E-state index in [1.165, 1.54) is 0 Å². The van der Waals surface area contributed by atoms with Crippen LogP contribution in [0.5, 0.6) is 5.75 Å². The standard InChI is InChI=1S/C13H20O4/c1-4-15-13(14,16-5-2)11(3)17-12-9-7-6-8-10-12/h6-11,14H,4-5H2,1-3H3. The number of aliphatic hydroxyl groups is 1. The highest BCUT2D eigenvalue weighted by Gasteiger charge is 2.37. The van der Waals surface area contributed by atoms with E-state index < -0.39 is 12.1 Å². The van der Waals surface area contributed by atoms with Crippen LogP contribution in [0, 0.1) is 0 Å². The van der Waals surface area contributed by atoms with Gasteiger partial charge >= 0.3 is 5.97 Å². The Bertz CT molecular complexity index is 306. The first kappa shape index (κ1) is 14.0. The highest BCUT2D eigenvalue weighted by atomic mass is 16.8.